The van der Waals surface area contributed by atoms with Gasteiger partial charge in [0.1, 0.15) is 0 Å². The summed E-state index contributed by atoms with van der Waals surface area (Å²) in [4.78, 5) is 14.1. The summed E-state index contributed by atoms with van der Waals surface area (Å²) in [5.41, 5.74) is 6.96. The molecule has 5 heteroatoms. The number of hydrogen-bond donors (Lipinski definition) is 1. The molecule has 0 radical (unpaired) electrons. The molecule has 2 rings (SSSR count). The first-order chi connectivity index (χ1) is 8.16. The molecule has 18 heavy (non-hydrogen) atoms. The van der Waals surface area contributed by atoms with Gasteiger partial charge >= 0.3 is 0 Å². The normalized spacial score (nSPS) is 19.8. The largest absolute Gasteiger partial charge is 0.399 e. The van der Waals surface area contributed by atoms with Crippen LogP contribution in [-0.4, -0.2) is 36.6 Å². The van der Waals surface area contributed by atoms with E-state index >= 15 is 0 Å². The number of benzene rings is 1. The summed E-state index contributed by atoms with van der Waals surface area (Å²) in [6, 6.07) is 7.11. The Kier molecular flexibility index (Phi) is 5.44. The van der Waals surface area contributed by atoms with Crippen molar-refractivity contribution in [3.05, 3.63) is 29.8 Å². The van der Waals surface area contributed by atoms with Crippen molar-refractivity contribution in [2.45, 2.75) is 19.4 Å². The molecule has 1 heterocycles. The fourth-order valence-electron chi connectivity index (χ4n) is 2.03. The van der Waals surface area contributed by atoms with Crippen molar-refractivity contribution in [1.82, 2.24) is 4.90 Å². The van der Waals surface area contributed by atoms with Gasteiger partial charge in [-0.1, -0.05) is 6.07 Å². The maximum Gasteiger partial charge on any atom is 0.254 e. The van der Waals surface area contributed by atoms with Crippen LogP contribution in [0.3, 0.4) is 0 Å². The Morgan fingerprint density at radius 3 is 3.00 bits per heavy atom. The Hall–Kier alpha value is -1.26. The van der Waals surface area contributed by atoms with E-state index in [0.29, 0.717) is 17.8 Å². The Labute approximate surface area is 114 Å². The van der Waals surface area contributed by atoms with Gasteiger partial charge in [0, 0.05) is 30.9 Å². The highest BCUT2D eigenvalue weighted by Gasteiger charge is 2.20. The Bertz CT molecular complexity index is 412. The van der Waals surface area contributed by atoms with Gasteiger partial charge in [-0.15, -0.1) is 12.4 Å². The standard InChI is InChI=1S/C13H18N2O2.ClH/c1-10-9-15(6-3-7-17-10)13(16)11-4-2-5-12(14)8-11;/h2,4-5,8,10H,3,6-7,9,14H2,1H3;1H. The number of halogens is 1. The molecule has 100 valence electrons. The van der Waals surface area contributed by atoms with Crippen molar-refractivity contribution in [1.29, 1.82) is 0 Å². The van der Waals surface area contributed by atoms with Crippen LogP contribution in [0.2, 0.25) is 0 Å². The SMILES string of the molecule is CC1CN(C(=O)c2cccc(N)c2)CCCO1.Cl. The molecule has 1 unspecified atom stereocenters. The fourth-order valence-corrected chi connectivity index (χ4v) is 2.03. The average Bonchev–Trinajstić information content (AvgIpc) is 2.53. The minimum atomic E-state index is 0. The third-order valence-electron chi connectivity index (χ3n) is 2.87. The second-order valence-electron chi connectivity index (χ2n) is 4.41. The first-order valence-electron chi connectivity index (χ1n) is 5.93. The van der Waals surface area contributed by atoms with Gasteiger partial charge in [0.05, 0.1) is 6.10 Å². The van der Waals surface area contributed by atoms with Crippen LogP contribution in [0.15, 0.2) is 24.3 Å². The van der Waals surface area contributed by atoms with E-state index in [1.54, 1.807) is 24.3 Å². The Morgan fingerprint density at radius 2 is 2.28 bits per heavy atom. The first-order valence-corrected chi connectivity index (χ1v) is 5.93. The fraction of sp³-hybridized carbons (Fsp3) is 0.462. The van der Waals surface area contributed by atoms with Crippen molar-refractivity contribution >= 4 is 24.0 Å². The predicted molar refractivity (Wildman–Crippen MR) is 74.0 cm³/mol. The maximum absolute atomic E-state index is 12.3. The van der Waals surface area contributed by atoms with Gasteiger partial charge in [0.25, 0.3) is 5.91 Å². The molecule has 1 aliphatic rings. The summed E-state index contributed by atoms with van der Waals surface area (Å²) < 4.78 is 5.52. The first kappa shape index (κ1) is 14.8. The Balaban J connectivity index is 0.00000162. The minimum Gasteiger partial charge on any atom is -0.399 e. The van der Waals surface area contributed by atoms with Gasteiger partial charge in [-0.3, -0.25) is 4.79 Å². The lowest BCUT2D eigenvalue weighted by molar-refractivity contribution is 0.0563. The second kappa shape index (κ2) is 6.61. The van der Waals surface area contributed by atoms with E-state index in [9.17, 15) is 4.79 Å². The van der Waals surface area contributed by atoms with Gasteiger partial charge in [-0.05, 0) is 31.5 Å². The molecule has 4 nitrogen and oxygen atoms in total. The zero-order valence-corrected chi connectivity index (χ0v) is 11.3. The molecule has 1 aromatic carbocycles. The molecule has 1 aliphatic heterocycles. The van der Waals surface area contributed by atoms with E-state index in [1.165, 1.54) is 0 Å². The number of nitrogens with two attached hydrogens (primary N) is 1. The lowest BCUT2D eigenvalue weighted by atomic mass is 10.1. The number of rotatable bonds is 1. The molecule has 1 atom stereocenters. The van der Waals surface area contributed by atoms with Crippen LogP contribution < -0.4 is 5.73 Å². The van der Waals surface area contributed by atoms with Gasteiger partial charge < -0.3 is 15.4 Å². The summed E-state index contributed by atoms with van der Waals surface area (Å²) in [6.07, 6.45) is 0.987. The number of nitrogens with zero attached hydrogens (tertiary/aromatic N) is 1. The second-order valence-corrected chi connectivity index (χ2v) is 4.41. The summed E-state index contributed by atoms with van der Waals surface area (Å²) in [5.74, 6) is 0.0367. The number of hydrogen-bond acceptors (Lipinski definition) is 3. The van der Waals surface area contributed by atoms with Crippen LogP contribution in [0.4, 0.5) is 5.69 Å². The summed E-state index contributed by atoms with van der Waals surface area (Å²) >= 11 is 0. The number of carbonyl (C=O) groups is 1. The van der Waals surface area contributed by atoms with E-state index in [1.807, 2.05) is 11.8 Å². The van der Waals surface area contributed by atoms with Gasteiger partial charge in [0.2, 0.25) is 0 Å². The summed E-state index contributed by atoms with van der Waals surface area (Å²) in [7, 11) is 0. The maximum atomic E-state index is 12.3. The summed E-state index contributed by atoms with van der Waals surface area (Å²) in [6.45, 7) is 4.11. The monoisotopic (exact) mass is 270 g/mol. The molecule has 0 aliphatic carbocycles. The molecule has 1 aromatic rings. The number of nitrogen functional groups attached to an aromatic ring is 1. The van der Waals surface area contributed by atoms with Crippen LogP contribution in [-0.2, 0) is 4.74 Å². The number of ether oxygens (including phenoxy) is 1. The van der Waals surface area contributed by atoms with Crippen LogP contribution in [0, 0.1) is 0 Å². The molecule has 1 saturated heterocycles. The quantitative estimate of drug-likeness (QED) is 0.794. The van der Waals surface area contributed by atoms with Crippen molar-refractivity contribution in [3.63, 3.8) is 0 Å². The van der Waals surface area contributed by atoms with Crippen LogP contribution in [0.5, 0.6) is 0 Å². The highest BCUT2D eigenvalue weighted by molar-refractivity contribution is 5.95. The highest BCUT2D eigenvalue weighted by atomic mass is 35.5. The molecular weight excluding hydrogens is 252 g/mol. The van der Waals surface area contributed by atoms with Crippen LogP contribution in [0.1, 0.15) is 23.7 Å². The zero-order valence-electron chi connectivity index (χ0n) is 10.5. The van der Waals surface area contributed by atoms with Gasteiger partial charge in [0.15, 0.2) is 0 Å². The molecule has 2 N–H and O–H groups in total. The smallest absolute Gasteiger partial charge is 0.254 e. The molecule has 0 bridgehead atoms. The zero-order chi connectivity index (χ0) is 12.3. The third-order valence-corrected chi connectivity index (χ3v) is 2.87. The van der Waals surface area contributed by atoms with Crippen LogP contribution >= 0.6 is 12.4 Å². The molecular formula is C13H19ClN2O2. The molecule has 1 amide bonds. The Morgan fingerprint density at radius 1 is 1.50 bits per heavy atom. The molecule has 0 aromatic heterocycles. The van der Waals surface area contributed by atoms with Crippen molar-refractivity contribution in [2.24, 2.45) is 0 Å². The van der Waals surface area contributed by atoms with E-state index in [-0.39, 0.29) is 24.4 Å². The summed E-state index contributed by atoms with van der Waals surface area (Å²) in [5, 5.41) is 0. The van der Waals surface area contributed by atoms with Gasteiger partial charge in [-0.25, -0.2) is 0 Å². The predicted octanol–water partition coefficient (Wildman–Crippen LogP) is 1.94. The van der Waals surface area contributed by atoms with Crippen molar-refractivity contribution in [2.75, 3.05) is 25.4 Å². The van der Waals surface area contributed by atoms with E-state index < -0.39 is 0 Å². The number of anilines is 1. The number of amides is 1. The molecule has 1 fully saturated rings. The lowest BCUT2D eigenvalue weighted by Gasteiger charge is -2.22. The molecule has 0 spiro atoms. The minimum absolute atomic E-state index is 0. The third kappa shape index (κ3) is 3.62. The highest BCUT2D eigenvalue weighted by Crippen LogP contribution is 2.13. The lowest BCUT2D eigenvalue weighted by Crippen LogP contribution is -2.35. The van der Waals surface area contributed by atoms with Crippen LogP contribution in [0.25, 0.3) is 0 Å². The van der Waals surface area contributed by atoms with E-state index in [0.717, 1.165) is 19.6 Å². The van der Waals surface area contributed by atoms with E-state index in [4.69, 9.17) is 10.5 Å². The topological polar surface area (TPSA) is 55.6 Å². The average molecular weight is 271 g/mol. The number of carbonyl (C=O) groups excluding carboxylic acids is 1. The van der Waals surface area contributed by atoms with Crippen molar-refractivity contribution in [3.8, 4) is 0 Å². The van der Waals surface area contributed by atoms with Gasteiger partial charge in [-0.2, -0.15) is 0 Å². The van der Waals surface area contributed by atoms with Crippen molar-refractivity contribution < 1.29 is 9.53 Å². The van der Waals surface area contributed by atoms with E-state index in [2.05, 4.69) is 0 Å². The molecule has 0 saturated carbocycles.